The van der Waals surface area contributed by atoms with Gasteiger partial charge >= 0.3 is 0 Å². The SMILES string of the molecule is CCC(Oc1cc(Br)ccc1F)C(N)=S. The first kappa shape index (κ1) is 12.4. The van der Waals surface area contributed by atoms with Crippen LogP contribution in [0.15, 0.2) is 22.7 Å². The summed E-state index contributed by atoms with van der Waals surface area (Å²) in [6.45, 7) is 1.87. The smallest absolute Gasteiger partial charge is 0.165 e. The minimum absolute atomic E-state index is 0.157. The summed E-state index contributed by atoms with van der Waals surface area (Å²) >= 11 is 8.04. The van der Waals surface area contributed by atoms with Gasteiger partial charge < -0.3 is 10.5 Å². The van der Waals surface area contributed by atoms with Crippen LogP contribution in [0.5, 0.6) is 5.75 Å². The Kier molecular flexibility index (Phi) is 4.47. The number of halogens is 2. The van der Waals surface area contributed by atoms with Crippen LogP contribution in [0, 0.1) is 5.82 Å². The molecule has 0 aliphatic rings. The molecule has 0 radical (unpaired) electrons. The molecule has 1 aromatic carbocycles. The van der Waals surface area contributed by atoms with E-state index in [1.807, 2.05) is 6.92 Å². The van der Waals surface area contributed by atoms with E-state index in [1.165, 1.54) is 6.07 Å². The van der Waals surface area contributed by atoms with Crippen LogP contribution in [0.25, 0.3) is 0 Å². The highest BCUT2D eigenvalue weighted by atomic mass is 79.9. The molecule has 0 heterocycles. The molecule has 5 heteroatoms. The molecule has 15 heavy (non-hydrogen) atoms. The van der Waals surface area contributed by atoms with Crippen LogP contribution in [0.3, 0.4) is 0 Å². The first-order valence-corrected chi connectivity index (χ1v) is 5.65. The van der Waals surface area contributed by atoms with Gasteiger partial charge in [-0.15, -0.1) is 0 Å². The number of hydrogen-bond donors (Lipinski definition) is 1. The van der Waals surface area contributed by atoms with Crippen LogP contribution in [-0.4, -0.2) is 11.1 Å². The van der Waals surface area contributed by atoms with Crippen molar-refractivity contribution in [2.45, 2.75) is 19.4 Å². The van der Waals surface area contributed by atoms with E-state index < -0.39 is 11.9 Å². The summed E-state index contributed by atoms with van der Waals surface area (Å²) in [6, 6.07) is 4.48. The molecule has 1 unspecified atom stereocenters. The predicted molar refractivity (Wildman–Crippen MR) is 65.6 cm³/mol. The second-order valence-electron chi connectivity index (χ2n) is 2.99. The summed E-state index contributed by atoms with van der Waals surface area (Å²) in [7, 11) is 0. The number of benzene rings is 1. The predicted octanol–water partition coefficient (Wildman–Crippen LogP) is 3.03. The van der Waals surface area contributed by atoms with Gasteiger partial charge in [0, 0.05) is 4.47 Å². The lowest BCUT2D eigenvalue weighted by molar-refractivity contribution is 0.251. The maximum Gasteiger partial charge on any atom is 0.165 e. The van der Waals surface area contributed by atoms with Gasteiger partial charge in [-0.25, -0.2) is 4.39 Å². The number of rotatable bonds is 4. The van der Waals surface area contributed by atoms with Crippen LogP contribution in [0.2, 0.25) is 0 Å². The van der Waals surface area contributed by atoms with Gasteiger partial charge in [-0.2, -0.15) is 0 Å². The Morgan fingerprint density at radius 2 is 2.33 bits per heavy atom. The highest BCUT2D eigenvalue weighted by molar-refractivity contribution is 9.10. The van der Waals surface area contributed by atoms with E-state index in [-0.39, 0.29) is 10.7 Å². The van der Waals surface area contributed by atoms with Gasteiger partial charge in [0.1, 0.15) is 11.1 Å². The number of hydrogen-bond acceptors (Lipinski definition) is 2. The Labute approximate surface area is 102 Å². The van der Waals surface area contributed by atoms with Gasteiger partial charge in [-0.3, -0.25) is 0 Å². The lowest BCUT2D eigenvalue weighted by atomic mass is 10.2. The first-order valence-electron chi connectivity index (χ1n) is 4.45. The Bertz CT molecular complexity index is 372. The van der Waals surface area contributed by atoms with Crippen LogP contribution < -0.4 is 10.5 Å². The van der Waals surface area contributed by atoms with E-state index in [9.17, 15) is 4.39 Å². The first-order chi connectivity index (χ1) is 7.04. The van der Waals surface area contributed by atoms with Gasteiger partial charge in [-0.1, -0.05) is 35.1 Å². The molecular formula is C10H11BrFNOS. The summed E-state index contributed by atoms with van der Waals surface area (Å²) in [6.07, 6.45) is 0.185. The fourth-order valence-electron chi connectivity index (χ4n) is 1.06. The summed E-state index contributed by atoms with van der Waals surface area (Å²) in [4.78, 5) is 0.233. The highest BCUT2D eigenvalue weighted by Crippen LogP contribution is 2.23. The number of thiocarbonyl (C=S) groups is 1. The molecule has 1 atom stereocenters. The second-order valence-corrected chi connectivity index (χ2v) is 4.38. The largest absolute Gasteiger partial charge is 0.480 e. The molecule has 82 valence electrons. The third kappa shape index (κ3) is 3.43. The quantitative estimate of drug-likeness (QED) is 0.866. The van der Waals surface area contributed by atoms with Crippen LogP contribution >= 0.6 is 28.1 Å². The van der Waals surface area contributed by atoms with E-state index in [0.29, 0.717) is 6.42 Å². The van der Waals surface area contributed by atoms with Gasteiger partial charge in [-0.05, 0) is 24.6 Å². The van der Waals surface area contributed by atoms with Crippen molar-refractivity contribution in [3.05, 3.63) is 28.5 Å². The Balaban J connectivity index is 2.87. The Morgan fingerprint density at radius 1 is 1.67 bits per heavy atom. The molecule has 1 aromatic rings. The van der Waals surface area contributed by atoms with Crippen molar-refractivity contribution >= 4 is 33.1 Å². The van der Waals surface area contributed by atoms with Crippen molar-refractivity contribution < 1.29 is 9.13 Å². The highest BCUT2D eigenvalue weighted by Gasteiger charge is 2.13. The molecule has 0 aliphatic heterocycles. The van der Waals surface area contributed by atoms with Gasteiger partial charge in [0.2, 0.25) is 0 Å². The lowest BCUT2D eigenvalue weighted by Crippen LogP contribution is -2.31. The van der Waals surface area contributed by atoms with Gasteiger partial charge in [0.05, 0.1) is 0 Å². The van der Waals surface area contributed by atoms with Gasteiger partial charge in [0.15, 0.2) is 11.6 Å². The molecule has 0 fully saturated rings. The molecule has 0 amide bonds. The normalized spacial score (nSPS) is 12.2. The molecule has 0 spiro atoms. The number of ether oxygens (including phenoxy) is 1. The Hall–Kier alpha value is -0.680. The van der Waals surface area contributed by atoms with Gasteiger partial charge in [0.25, 0.3) is 0 Å². The van der Waals surface area contributed by atoms with Crippen molar-refractivity contribution in [3.63, 3.8) is 0 Å². The van der Waals surface area contributed by atoms with Crippen molar-refractivity contribution in [3.8, 4) is 5.75 Å². The standard InChI is InChI=1S/C10H11BrFNOS/c1-2-8(10(13)15)14-9-5-6(11)3-4-7(9)12/h3-5,8H,2H2,1H3,(H2,13,15). The zero-order valence-corrected chi connectivity index (χ0v) is 10.6. The van der Waals surface area contributed by atoms with Crippen molar-refractivity contribution in [1.29, 1.82) is 0 Å². The molecule has 0 saturated heterocycles. The Morgan fingerprint density at radius 3 is 2.87 bits per heavy atom. The fourth-order valence-corrected chi connectivity index (χ4v) is 1.62. The minimum atomic E-state index is -0.427. The third-order valence-electron chi connectivity index (χ3n) is 1.85. The van der Waals surface area contributed by atoms with E-state index >= 15 is 0 Å². The maximum absolute atomic E-state index is 13.3. The molecule has 2 N–H and O–H groups in total. The molecule has 2 nitrogen and oxygen atoms in total. The van der Waals surface area contributed by atoms with Crippen molar-refractivity contribution in [1.82, 2.24) is 0 Å². The van der Waals surface area contributed by atoms with E-state index in [4.69, 9.17) is 22.7 Å². The maximum atomic E-state index is 13.3. The molecule has 0 aliphatic carbocycles. The lowest BCUT2D eigenvalue weighted by Gasteiger charge is -2.16. The molecule has 0 bridgehead atoms. The van der Waals surface area contributed by atoms with E-state index in [2.05, 4.69) is 15.9 Å². The van der Waals surface area contributed by atoms with Crippen LogP contribution in [0.4, 0.5) is 4.39 Å². The average molecular weight is 292 g/mol. The molecular weight excluding hydrogens is 281 g/mol. The fraction of sp³-hybridized carbons (Fsp3) is 0.300. The van der Waals surface area contributed by atoms with Crippen LogP contribution in [0.1, 0.15) is 13.3 Å². The molecule has 1 rings (SSSR count). The summed E-state index contributed by atoms with van der Waals surface area (Å²) in [5, 5.41) is 0. The topological polar surface area (TPSA) is 35.2 Å². The van der Waals surface area contributed by atoms with E-state index in [1.54, 1.807) is 12.1 Å². The zero-order valence-electron chi connectivity index (χ0n) is 8.17. The summed E-state index contributed by atoms with van der Waals surface area (Å²) < 4.78 is 19.4. The zero-order chi connectivity index (χ0) is 11.4. The summed E-state index contributed by atoms with van der Waals surface area (Å²) in [5.41, 5.74) is 5.46. The molecule has 0 saturated carbocycles. The van der Waals surface area contributed by atoms with Crippen molar-refractivity contribution in [2.24, 2.45) is 5.73 Å². The van der Waals surface area contributed by atoms with Crippen LogP contribution in [-0.2, 0) is 0 Å². The average Bonchev–Trinajstić information content (AvgIpc) is 2.18. The molecule has 0 aromatic heterocycles. The van der Waals surface area contributed by atoms with E-state index in [0.717, 1.165) is 4.47 Å². The number of nitrogens with two attached hydrogens (primary N) is 1. The monoisotopic (exact) mass is 291 g/mol. The third-order valence-corrected chi connectivity index (χ3v) is 2.61. The minimum Gasteiger partial charge on any atom is -0.480 e. The second kappa shape index (κ2) is 5.42. The van der Waals surface area contributed by atoms with Crippen molar-refractivity contribution in [2.75, 3.05) is 0 Å². The summed E-state index contributed by atoms with van der Waals surface area (Å²) in [5.74, 6) is -0.267.